The van der Waals surface area contributed by atoms with Crippen LogP contribution in [0.5, 0.6) is 0 Å². The van der Waals surface area contributed by atoms with E-state index in [9.17, 15) is 0 Å². The molecular weight excluding hydrogens is 867 g/mol. The molecule has 2 amide bonds. The van der Waals surface area contributed by atoms with Crippen molar-refractivity contribution < 1.29 is 9.59 Å². The van der Waals surface area contributed by atoms with Crippen molar-refractivity contribution in [1.82, 2.24) is 10.6 Å². The summed E-state index contributed by atoms with van der Waals surface area (Å²) in [4.78, 5) is 31.9. The molecule has 13 rings (SSSR count). The first-order valence-electron chi connectivity index (χ1n) is 23.3. The number of hydrogen-bond acceptors (Lipinski definition) is 2. The minimum absolute atomic E-state index is 0.148. The molecule has 10 aromatic carbocycles. The van der Waals surface area contributed by atoms with Crippen LogP contribution in [0.2, 0.25) is 0 Å². The summed E-state index contributed by atoms with van der Waals surface area (Å²) in [6, 6.07) is 83.6. The lowest BCUT2D eigenvalue weighted by Crippen LogP contribution is -2.62. The molecule has 2 bridgehead atoms. The second kappa shape index (κ2) is 18.0. The maximum atomic E-state index is 15.9. The molecule has 4 nitrogen and oxygen atoms in total. The molecular formula is C62H46N2O2P2. The van der Waals surface area contributed by atoms with Gasteiger partial charge in [0.25, 0.3) is 11.8 Å². The fourth-order valence-corrected chi connectivity index (χ4v) is 15.9. The van der Waals surface area contributed by atoms with E-state index in [4.69, 9.17) is 0 Å². The van der Waals surface area contributed by atoms with Crippen molar-refractivity contribution in [1.29, 1.82) is 0 Å². The summed E-state index contributed by atoms with van der Waals surface area (Å²) in [5.41, 5.74) is 6.07. The van der Waals surface area contributed by atoms with Gasteiger partial charge in [0.2, 0.25) is 0 Å². The van der Waals surface area contributed by atoms with Gasteiger partial charge in [-0.25, -0.2) is 0 Å². The van der Waals surface area contributed by atoms with E-state index in [1.807, 2.05) is 48.5 Å². The van der Waals surface area contributed by atoms with Gasteiger partial charge < -0.3 is 10.6 Å². The van der Waals surface area contributed by atoms with Gasteiger partial charge in [0.15, 0.2) is 0 Å². The topological polar surface area (TPSA) is 58.2 Å². The van der Waals surface area contributed by atoms with Gasteiger partial charge in [0.1, 0.15) is 0 Å². The lowest BCUT2D eigenvalue weighted by Gasteiger charge is -2.51. The van der Waals surface area contributed by atoms with Crippen molar-refractivity contribution in [2.75, 3.05) is 0 Å². The quantitative estimate of drug-likeness (QED) is 0.134. The van der Waals surface area contributed by atoms with Crippen LogP contribution in [-0.4, -0.2) is 23.9 Å². The Bertz CT molecular complexity index is 3130. The molecule has 1 unspecified atom stereocenters. The zero-order valence-electron chi connectivity index (χ0n) is 37.1. The van der Waals surface area contributed by atoms with Gasteiger partial charge in [-0.3, -0.25) is 9.59 Å². The second-order valence-corrected chi connectivity index (χ2v) is 22.0. The van der Waals surface area contributed by atoms with E-state index in [0.717, 1.165) is 32.2 Å². The molecule has 68 heavy (non-hydrogen) atoms. The van der Waals surface area contributed by atoms with Crippen LogP contribution in [0.3, 0.4) is 0 Å². The molecule has 10 aromatic rings. The number of carbonyl (C=O) groups is 2. The molecule has 3 aliphatic rings. The molecule has 0 heterocycles. The molecule has 0 aliphatic heterocycles. The minimum Gasteiger partial charge on any atom is -0.346 e. The number of rotatable bonds is 10. The van der Waals surface area contributed by atoms with E-state index in [-0.39, 0.29) is 23.7 Å². The van der Waals surface area contributed by atoms with Crippen LogP contribution in [-0.2, 0) is 0 Å². The van der Waals surface area contributed by atoms with Gasteiger partial charge in [-0.2, -0.15) is 0 Å². The maximum Gasteiger partial charge on any atom is 0.252 e. The van der Waals surface area contributed by atoms with Gasteiger partial charge in [-0.05, 0) is 91.5 Å². The van der Waals surface area contributed by atoms with Crippen molar-refractivity contribution in [2.45, 2.75) is 23.9 Å². The first kappa shape index (κ1) is 41.9. The molecule has 0 fully saturated rings. The standard InChI is InChI=1S/C62H46N2O2P2/c65-61(57-47-31-15-13-21-41(47)37-39-53(57)67(43-23-5-1-6-24-43)44-25-7-2-8-26-44)63-59-55-49-33-17-19-35-51(49)56(52-36-20-18-34-50(52)55)60(59)64-62(66)58-48-32-16-14-22-42(48)38-40-54(58)68(45-27-9-3-10-28-45)46-29-11-4-12-30-46/h1-40,55-56,59-60H,(H,63,65)(H,64,66)/t55?,56?,59-,60?/m0/s1. The smallest absolute Gasteiger partial charge is 0.252 e. The monoisotopic (exact) mass is 912 g/mol. The summed E-state index contributed by atoms with van der Waals surface area (Å²) < 4.78 is 0. The number of carbonyl (C=O) groups excluding carboxylic acids is 2. The van der Waals surface area contributed by atoms with Crippen molar-refractivity contribution in [3.8, 4) is 0 Å². The Balaban J connectivity index is 1.03. The van der Waals surface area contributed by atoms with E-state index in [1.165, 1.54) is 43.5 Å². The molecule has 0 saturated carbocycles. The van der Waals surface area contributed by atoms with Crippen LogP contribution in [0.4, 0.5) is 0 Å². The largest absolute Gasteiger partial charge is 0.346 e. The van der Waals surface area contributed by atoms with Crippen LogP contribution < -0.4 is 42.5 Å². The van der Waals surface area contributed by atoms with Crippen LogP contribution >= 0.6 is 15.8 Å². The Morgan fingerprint density at radius 3 is 0.912 bits per heavy atom. The van der Waals surface area contributed by atoms with E-state index in [2.05, 4.69) is 205 Å². The molecule has 2 N–H and O–H groups in total. The van der Waals surface area contributed by atoms with Gasteiger partial charge >= 0.3 is 0 Å². The minimum atomic E-state index is -1.14. The highest BCUT2D eigenvalue weighted by molar-refractivity contribution is 7.80. The predicted molar refractivity (Wildman–Crippen MR) is 284 cm³/mol. The highest BCUT2D eigenvalue weighted by Crippen LogP contribution is 2.53. The summed E-state index contributed by atoms with van der Waals surface area (Å²) in [6.07, 6.45) is 0. The molecule has 0 aromatic heterocycles. The average molecular weight is 913 g/mol. The van der Waals surface area contributed by atoms with E-state index < -0.39 is 27.9 Å². The predicted octanol–water partition coefficient (Wildman–Crippen LogP) is 10.7. The van der Waals surface area contributed by atoms with Gasteiger partial charge in [0, 0.05) is 11.8 Å². The average Bonchev–Trinajstić information content (AvgIpc) is 3.40. The Morgan fingerprint density at radius 1 is 0.309 bits per heavy atom. The van der Waals surface area contributed by atoms with Crippen LogP contribution in [0.25, 0.3) is 21.5 Å². The first-order valence-corrected chi connectivity index (χ1v) is 25.9. The molecule has 0 spiro atoms. The summed E-state index contributed by atoms with van der Waals surface area (Å²) in [5, 5.41) is 17.9. The number of nitrogens with one attached hydrogen (secondary N) is 2. The SMILES string of the molecule is O=C(NC1C2c3ccccc3C(c3ccccc32)[C@@H]1NC(=O)c1c(P(c2ccccc2)c2ccccc2)ccc2ccccc12)c1c(P(c2ccccc2)c2ccccc2)ccc2ccccc12. The number of hydrogen-bond donors (Lipinski definition) is 2. The number of amides is 2. The van der Waals surface area contributed by atoms with Crippen molar-refractivity contribution in [3.05, 3.63) is 276 Å². The zero-order valence-corrected chi connectivity index (χ0v) is 38.9. The summed E-state index contributed by atoms with van der Waals surface area (Å²) in [6.45, 7) is 0. The molecule has 0 saturated heterocycles. The molecule has 2 atom stereocenters. The van der Waals surface area contributed by atoms with Gasteiger partial charge in [-0.15, -0.1) is 0 Å². The Morgan fingerprint density at radius 2 is 0.588 bits per heavy atom. The molecule has 326 valence electrons. The van der Waals surface area contributed by atoms with Crippen LogP contribution in [0.1, 0.15) is 54.8 Å². The molecule has 6 heteroatoms. The van der Waals surface area contributed by atoms with Crippen LogP contribution in [0, 0.1) is 0 Å². The third-order valence-electron chi connectivity index (χ3n) is 13.8. The molecule has 3 aliphatic carbocycles. The third kappa shape index (κ3) is 7.33. The van der Waals surface area contributed by atoms with E-state index in [0.29, 0.717) is 11.1 Å². The molecule has 0 radical (unpaired) electrons. The van der Waals surface area contributed by atoms with Crippen LogP contribution in [0.15, 0.2) is 243 Å². The van der Waals surface area contributed by atoms with E-state index in [1.54, 1.807) is 0 Å². The van der Waals surface area contributed by atoms with Crippen molar-refractivity contribution in [2.24, 2.45) is 0 Å². The fraction of sp³-hybridized carbons (Fsp3) is 0.0645. The Hall–Kier alpha value is -7.48. The summed E-state index contributed by atoms with van der Waals surface area (Å²) in [7, 11) is -2.27. The van der Waals surface area contributed by atoms with E-state index >= 15 is 9.59 Å². The Labute approximate surface area is 399 Å². The third-order valence-corrected chi connectivity index (χ3v) is 18.8. The zero-order chi connectivity index (χ0) is 45.6. The number of fused-ring (bicyclic) bond motifs is 3. The van der Waals surface area contributed by atoms with Crippen molar-refractivity contribution in [3.63, 3.8) is 0 Å². The Kier molecular flexibility index (Phi) is 11.1. The lowest BCUT2D eigenvalue weighted by atomic mass is 9.59. The van der Waals surface area contributed by atoms with Gasteiger partial charge in [-0.1, -0.05) is 243 Å². The summed E-state index contributed by atoms with van der Waals surface area (Å²) >= 11 is 0. The number of benzene rings is 10. The fourth-order valence-electron chi connectivity index (χ4n) is 11.0. The van der Waals surface area contributed by atoms with Gasteiger partial charge in [0.05, 0.1) is 23.2 Å². The lowest BCUT2D eigenvalue weighted by molar-refractivity contribution is 0.0861. The summed E-state index contributed by atoms with van der Waals surface area (Å²) in [5.74, 6) is -0.735. The highest BCUT2D eigenvalue weighted by Gasteiger charge is 2.51. The first-order chi connectivity index (χ1) is 33.6. The second-order valence-electron chi connectivity index (χ2n) is 17.6. The van der Waals surface area contributed by atoms with Crippen molar-refractivity contribution >= 4 is 81.0 Å². The normalized spacial score (nSPS) is 16.9. The highest BCUT2D eigenvalue weighted by atomic mass is 31.1. The maximum absolute atomic E-state index is 15.9.